The molecule has 0 N–H and O–H groups in total. The fourth-order valence-corrected chi connectivity index (χ4v) is 2.75. The third kappa shape index (κ3) is 2.14. The first kappa shape index (κ1) is 11.6. The van der Waals surface area contributed by atoms with Gasteiger partial charge < -0.3 is 0 Å². The second kappa shape index (κ2) is 4.58. The Kier molecular flexibility index (Phi) is 3.33. The summed E-state index contributed by atoms with van der Waals surface area (Å²) in [6, 6.07) is 0. The quantitative estimate of drug-likeness (QED) is 0.814. The molecule has 0 aromatic carbocycles. The summed E-state index contributed by atoms with van der Waals surface area (Å²) in [5, 5.41) is 5.19. The number of nitrogens with zero attached hydrogens (tertiary/aromatic N) is 2. The van der Waals surface area contributed by atoms with Gasteiger partial charge in [-0.2, -0.15) is 5.10 Å². The van der Waals surface area contributed by atoms with Crippen molar-refractivity contribution in [3.05, 3.63) is 16.4 Å². The molecule has 1 atom stereocenters. The van der Waals surface area contributed by atoms with Gasteiger partial charge in [0.05, 0.1) is 16.4 Å². The molecule has 1 unspecified atom stereocenters. The Morgan fingerprint density at radius 3 is 2.81 bits per heavy atom. The predicted octanol–water partition coefficient (Wildman–Crippen LogP) is 2.55. The number of aryl methyl sites for hydroxylation is 2. The number of hydrogen-bond acceptors (Lipinski definition) is 2. The summed E-state index contributed by atoms with van der Waals surface area (Å²) in [7, 11) is 1.93. The lowest BCUT2D eigenvalue weighted by Gasteiger charge is -2.08. The van der Waals surface area contributed by atoms with E-state index in [0.717, 1.165) is 42.1 Å². The van der Waals surface area contributed by atoms with Gasteiger partial charge in [0, 0.05) is 19.9 Å². The van der Waals surface area contributed by atoms with Crippen LogP contribution in [0.3, 0.4) is 0 Å². The van der Waals surface area contributed by atoms with Crippen LogP contribution in [0.25, 0.3) is 0 Å². The van der Waals surface area contributed by atoms with Gasteiger partial charge in [0.1, 0.15) is 5.78 Å². The summed E-state index contributed by atoms with van der Waals surface area (Å²) < 4.78 is 1.87. The van der Waals surface area contributed by atoms with Crippen LogP contribution in [0, 0.1) is 5.92 Å². The van der Waals surface area contributed by atoms with Crippen molar-refractivity contribution >= 4 is 17.4 Å². The molecule has 0 radical (unpaired) electrons. The smallest absolute Gasteiger partial charge is 0.133 e. The second-order valence-corrected chi connectivity index (χ2v) is 4.91. The molecule has 1 aliphatic rings. The van der Waals surface area contributed by atoms with Crippen molar-refractivity contribution in [3.63, 3.8) is 0 Å². The standard InChI is InChI=1S/C12H17ClN2O/c1-3-10-12(13)11(15(2)14-10)7-8-4-5-9(16)6-8/h8H,3-7H2,1-2H3. The van der Waals surface area contributed by atoms with Crippen molar-refractivity contribution in [3.8, 4) is 0 Å². The summed E-state index contributed by atoms with van der Waals surface area (Å²) >= 11 is 6.28. The van der Waals surface area contributed by atoms with Crippen LogP contribution in [0.4, 0.5) is 0 Å². The van der Waals surface area contributed by atoms with Gasteiger partial charge >= 0.3 is 0 Å². The largest absolute Gasteiger partial charge is 0.300 e. The van der Waals surface area contributed by atoms with Gasteiger partial charge in [0.25, 0.3) is 0 Å². The van der Waals surface area contributed by atoms with E-state index >= 15 is 0 Å². The maximum atomic E-state index is 11.2. The maximum Gasteiger partial charge on any atom is 0.133 e. The summed E-state index contributed by atoms with van der Waals surface area (Å²) in [4.78, 5) is 11.2. The Balaban J connectivity index is 2.15. The molecule has 1 fully saturated rings. The number of carbonyl (C=O) groups is 1. The summed E-state index contributed by atoms with van der Waals surface area (Å²) in [5.41, 5.74) is 2.04. The molecule has 1 aromatic heterocycles. The number of aromatic nitrogens is 2. The van der Waals surface area contributed by atoms with E-state index in [1.54, 1.807) is 0 Å². The van der Waals surface area contributed by atoms with E-state index < -0.39 is 0 Å². The van der Waals surface area contributed by atoms with Crippen LogP contribution in [0.1, 0.15) is 37.6 Å². The SMILES string of the molecule is CCc1nn(C)c(CC2CCC(=O)C2)c1Cl. The van der Waals surface area contributed by atoms with Crippen molar-refractivity contribution in [2.75, 3.05) is 0 Å². The Hall–Kier alpha value is -0.830. The van der Waals surface area contributed by atoms with Crippen molar-refractivity contribution in [2.24, 2.45) is 13.0 Å². The van der Waals surface area contributed by atoms with Crippen LogP contribution in [-0.4, -0.2) is 15.6 Å². The molecule has 0 bridgehead atoms. The third-order valence-corrected chi connectivity index (χ3v) is 3.77. The molecule has 4 heteroatoms. The molecule has 3 nitrogen and oxygen atoms in total. The van der Waals surface area contributed by atoms with Gasteiger partial charge in [-0.3, -0.25) is 9.48 Å². The molecular weight excluding hydrogens is 224 g/mol. The van der Waals surface area contributed by atoms with E-state index in [1.807, 2.05) is 11.7 Å². The molecule has 1 saturated carbocycles. The van der Waals surface area contributed by atoms with E-state index in [1.165, 1.54) is 0 Å². The number of carbonyl (C=O) groups excluding carboxylic acids is 1. The van der Waals surface area contributed by atoms with Crippen molar-refractivity contribution in [1.82, 2.24) is 9.78 Å². The van der Waals surface area contributed by atoms with Crippen LogP contribution < -0.4 is 0 Å². The number of halogens is 1. The van der Waals surface area contributed by atoms with Gasteiger partial charge in [-0.15, -0.1) is 0 Å². The maximum absolute atomic E-state index is 11.2. The Labute approximate surface area is 101 Å². The highest BCUT2D eigenvalue weighted by atomic mass is 35.5. The average molecular weight is 241 g/mol. The molecule has 0 spiro atoms. The van der Waals surface area contributed by atoms with Crippen molar-refractivity contribution in [2.45, 2.75) is 39.0 Å². The normalized spacial score (nSPS) is 20.7. The fourth-order valence-electron chi connectivity index (χ4n) is 2.38. The van der Waals surface area contributed by atoms with Crippen LogP contribution in [0.5, 0.6) is 0 Å². The lowest BCUT2D eigenvalue weighted by Crippen LogP contribution is -2.06. The van der Waals surface area contributed by atoms with Gasteiger partial charge in [0.15, 0.2) is 0 Å². The average Bonchev–Trinajstić information content (AvgIpc) is 2.77. The number of ketones is 1. The van der Waals surface area contributed by atoms with Gasteiger partial charge in [0.2, 0.25) is 0 Å². The molecule has 16 heavy (non-hydrogen) atoms. The lowest BCUT2D eigenvalue weighted by molar-refractivity contribution is -0.117. The molecule has 0 saturated heterocycles. The van der Waals surface area contributed by atoms with E-state index in [4.69, 9.17) is 11.6 Å². The first-order valence-electron chi connectivity index (χ1n) is 5.83. The zero-order valence-electron chi connectivity index (χ0n) is 9.79. The molecule has 1 heterocycles. The number of hydrogen-bond donors (Lipinski definition) is 0. The molecule has 2 rings (SSSR count). The van der Waals surface area contributed by atoms with Crippen LogP contribution in [-0.2, 0) is 24.7 Å². The zero-order chi connectivity index (χ0) is 11.7. The highest BCUT2D eigenvalue weighted by molar-refractivity contribution is 6.31. The van der Waals surface area contributed by atoms with Crippen molar-refractivity contribution < 1.29 is 4.79 Å². The van der Waals surface area contributed by atoms with Crippen LogP contribution >= 0.6 is 11.6 Å². The fraction of sp³-hybridized carbons (Fsp3) is 0.667. The summed E-state index contributed by atoms with van der Waals surface area (Å²) in [6.07, 6.45) is 4.19. The number of rotatable bonds is 3. The molecular formula is C12H17ClN2O. The minimum Gasteiger partial charge on any atom is -0.300 e. The highest BCUT2D eigenvalue weighted by Gasteiger charge is 2.25. The molecule has 88 valence electrons. The van der Waals surface area contributed by atoms with E-state index in [0.29, 0.717) is 18.1 Å². The Morgan fingerprint density at radius 2 is 2.31 bits per heavy atom. The highest BCUT2D eigenvalue weighted by Crippen LogP contribution is 2.29. The minimum absolute atomic E-state index is 0.388. The molecule has 0 amide bonds. The minimum atomic E-state index is 0.388. The molecule has 1 aromatic rings. The zero-order valence-corrected chi connectivity index (χ0v) is 10.5. The summed E-state index contributed by atoms with van der Waals surface area (Å²) in [5.74, 6) is 0.851. The third-order valence-electron chi connectivity index (χ3n) is 3.33. The van der Waals surface area contributed by atoms with Crippen LogP contribution in [0.2, 0.25) is 5.02 Å². The first-order valence-corrected chi connectivity index (χ1v) is 6.21. The van der Waals surface area contributed by atoms with Crippen molar-refractivity contribution in [1.29, 1.82) is 0 Å². The second-order valence-electron chi connectivity index (χ2n) is 4.54. The van der Waals surface area contributed by atoms with Gasteiger partial charge in [-0.05, 0) is 25.2 Å². The van der Waals surface area contributed by atoms with Crippen LogP contribution in [0.15, 0.2) is 0 Å². The predicted molar refractivity (Wildman–Crippen MR) is 63.6 cm³/mol. The first-order chi connectivity index (χ1) is 7.61. The molecule has 1 aliphatic carbocycles. The number of Topliss-reactive ketones (excluding diaryl/α,β-unsaturated/α-hetero) is 1. The molecule has 0 aliphatic heterocycles. The van der Waals surface area contributed by atoms with Gasteiger partial charge in [-0.25, -0.2) is 0 Å². The van der Waals surface area contributed by atoms with E-state index in [2.05, 4.69) is 12.0 Å². The summed E-state index contributed by atoms with van der Waals surface area (Å²) in [6.45, 7) is 2.05. The van der Waals surface area contributed by atoms with Gasteiger partial charge in [-0.1, -0.05) is 18.5 Å². The lowest BCUT2D eigenvalue weighted by atomic mass is 10.0. The monoisotopic (exact) mass is 240 g/mol. The topological polar surface area (TPSA) is 34.9 Å². The Bertz CT molecular complexity index is 411. The van der Waals surface area contributed by atoms with E-state index in [9.17, 15) is 4.79 Å². The van der Waals surface area contributed by atoms with E-state index in [-0.39, 0.29) is 0 Å². The Morgan fingerprint density at radius 1 is 1.56 bits per heavy atom.